The van der Waals surface area contributed by atoms with Crippen molar-refractivity contribution in [3.63, 3.8) is 0 Å². The molecule has 0 aromatic heterocycles. The second kappa shape index (κ2) is 41.4. The molecule has 8 nitrogen and oxygen atoms in total. The van der Waals surface area contributed by atoms with Gasteiger partial charge in [0, 0.05) is 25.9 Å². The maximum atomic E-state index is 12.4. The molecule has 0 rings (SSSR count). The summed E-state index contributed by atoms with van der Waals surface area (Å²) in [6.45, 7) is 8.06. The molecule has 0 aromatic rings. The molecule has 0 saturated carbocycles. The van der Waals surface area contributed by atoms with Gasteiger partial charge in [0.15, 0.2) is 6.10 Å². The molecule has 0 aromatic carbocycles. The predicted molar refractivity (Wildman–Crippen MR) is 218 cm³/mol. The molecular formula is C44H82N2O6. The number of likely N-dealkylation sites (N-methyl/N-ethyl adjacent to an activating group) is 1. The number of rotatable bonds is 39. The molecular weight excluding hydrogens is 652 g/mol. The average molecular weight is 735 g/mol. The minimum absolute atomic E-state index is 0.134. The lowest BCUT2D eigenvalue weighted by Crippen LogP contribution is -2.37. The van der Waals surface area contributed by atoms with Gasteiger partial charge in [-0.05, 0) is 70.8 Å². The van der Waals surface area contributed by atoms with Crippen LogP contribution in [0.15, 0.2) is 24.3 Å². The van der Waals surface area contributed by atoms with E-state index in [9.17, 15) is 14.4 Å². The van der Waals surface area contributed by atoms with Gasteiger partial charge in [0.1, 0.15) is 13.2 Å². The number of unbranched alkanes of at least 4 members (excludes halogenated alkanes) is 22. The lowest BCUT2D eigenvalue weighted by molar-refractivity contribution is -0.152. The highest BCUT2D eigenvalue weighted by Gasteiger charge is 2.19. The summed E-state index contributed by atoms with van der Waals surface area (Å²) in [6, 6.07) is 0. The molecule has 8 heteroatoms. The zero-order valence-electron chi connectivity index (χ0n) is 34.2. The summed E-state index contributed by atoms with van der Waals surface area (Å²) in [4.78, 5) is 37.1. The van der Waals surface area contributed by atoms with E-state index in [-0.39, 0.29) is 25.2 Å². The van der Waals surface area contributed by atoms with Crippen LogP contribution in [0.25, 0.3) is 0 Å². The van der Waals surface area contributed by atoms with Crippen LogP contribution in [0.2, 0.25) is 0 Å². The van der Waals surface area contributed by atoms with Crippen LogP contribution in [-0.4, -0.2) is 57.0 Å². The number of carbonyl (C=O) groups is 3. The fourth-order valence-electron chi connectivity index (χ4n) is 5.94. The summed E-state index contributed by atoms with van der Waals surface area (Å²) in [5, 5.41) is 5.81. The third-order valence-electron chi connectivity index (χ3n) is 9.24. The van der Waals surface area contributed by atoms with Crippen LogP contribution in [0.3, 0.4) is 0 Å². The topological polar surface area (TPSA) is 103 Å². The van der Waals surface area contributed by atoms with Gasteiger partial charge in [-0.3, -0.25) is 9.59 Å². The summed E-state index contributed by atoms with van der Waals surface area (Å²) in [6.07, 6.45) is 39.7. The molecule has 0 spiro atoms. The quantitative estimate of drug-likeness (QED) is 0.0280. The van der Waals surface area contributed by atoms with E-state index in [1.807, 2.05) is 6.92 Å². The van der Waals surface area contributed by atoms with Crippen LogP contribution in [-0.2, 0) is 23.8 Å². The van der Waals surface area contributed by atoms with Crippen LogP contribution in [0.5, 0.6) is 0 Å². The highest BCUT2D eigenvalue weighted by atomic mass is 16.6. The zero-order chi connectivity index (χ0) is 38.0. The molecule has 52 heavy (non-hydrogen) atoms. The second-order valence-corrected chi connectivity index (χ2v) is 14.3. The molecule has 0 aliphatic heterocycles. The van der Waals surface area contributed by atoms with Gasteiger partial charge in [-0.15, -0.1) is 0 Å². The first kappa shape index (κ1) is 49.6. The number of alkyl carbamates (subject to hydrolysis) is 1. The number of nitrogens with one attached hydrogen (secondary N) is 2. The van der Waals surface area contributed by atoms with Crippen molar-refractivity contribution in [2.45, 2.75) is 207 Å². The third-order valence-corrected chi connectivity index (χ3v) is 9.24. The van der Waals surface area contributed by atoms with Gasteiger partial charge in [-0.25, -0.2) is 4.79 Å². The Labute approximate surface area is 320 Å². The molecule has 0 saturated heterocycles. The maximum absolute atomic E-state index is 12.4. The number of ether oxygens (including phenoxy) is 3. The predicted octanol–water partition coefficient (Wildman–Crippen LogP) is 11.9. The minimum atomic E-state index is -0.852. The molecule has 0 atom stereocenters. The average Bonchev–Trinajstić information content (AvgIpc) is 3.14. The summed E-state index contributed by atoms with van der Waals surface area (Å²) < 4.78 is 16.3. The largest absolute Gasteiger partial charge is 0.462 e. The molecule has 304 valence electrons. The van der Waals surface area contributed by atoms with Crippen molar-refractivity contribution >= 4 is 18.0 Å². The van der Waals surface area contributed by atoms with Crippen molar-refractivity contribution in [3.05, 3.63) is 24.3 Å². The lowest BCUT2D eigenvalue weighted by Gasteiger charge is -2.18. The Bertz CT molecular complexity index is 806. The molecule has 2 N–H and O–H groups in total. The van der Waals surface area contributed by atoms with Crippen LogP contribution >= 0.6 is 0 Å². The standard InChI is InChI=1S/C44H82N2O6/c1-4-7-9-11-13-15-17-19-21-23-25-27-29-31-33-35-42(47)50-39-41(52-44(49)46-38-37-45-6-3)40-51-43(48)36-34-32-30-28-26-24-22-20-18-16-14-12-10-8-5-2/h19-22,41,45H,4-18,23-40H2,1-3H3,(H,46,49). The number of esters is 2. The first-order chi connectivity index (χ1) is 25.5. The van der Waals surface area contributed by atoms with Crippen molar-refractivity contribution in [1.82, 2.24) is 10.6 Å². The molecule has 0 aliphatic carbocycles. The van der Waals surface area contributed by atoms with Crippen molar-refractivity contribution in [3.8, 4) is 0 Å². The maximum Gasteiger partial charge on any atom is 0.407 e. The summed E-state index contributed by atoms with van der Waals surface area (Å²) in [7, 11) is 0. The number of hydrogen-bond donors (Lipinski definition) is 2. The first-order valence-electron chi connectivity index (χ1n) is 21.8. The van der Waals surface area contributed by atoms with E-state index in [0.29, 0.717) is 25.9 Å². The minimum Gasteiger partial charge on any atom is -0.462 e. The Morgan fingerprint density at radius 2 is 0.846 bits per heavy atom. The molecule has 0 radical (unpaired) electrons. The van der Waals surface area contributed by atoms with Crippen LogP contribution < -0.4 is 10.6 Å². The highest BCUT2D eigenvalue weighted by Crippen LogP contribution is 2.12. The third kappa shape index (κ3) is 38.9. The van der Waals surface area contributed by atoms with Gasteiger partial charge in [0.2, 0.25) is 0 Å². The fraction of sp³-hybridized carbons (Fsp3) is 0.841. The Kier molecular flexibility index (Phi) is 39.5. The van der Waals surface area contributed by atoms with Crippen LogP contribution in [0.1, 0.15) is 201 Å². The van der Waals surface area contributed by atoms with E-state index >= 15 is 0 Å². The van der Waals surface area contributed by atoms with Gasteiger partial charge in [0.25, 0.3) is 0 Å². The SMILES string of the molecule is CCCCCCCCC=CCCCCCCCC(=O)OCC(COC(=O)CCCCCCCC=CCCCCCCCC)OC(=O)NCCNCC. The fourth-order valence-corrected chi connectivity index (χ4v) is 5.94. The molecule has 0 unspecified atom stereocenters. The van der Waals surface area contributed by atoms with Crippen molar-refractivity contribution in [1.29, 1.82) is 0 Å². The van der Waals surface area contributed by atoms with Crippen molar-refractivity contribution < 1.29 is 28.6 Å². The Hall–Kier alpha value is -2.35. The van der Waals surface area contributed by atoms with Crippen molar-refractivity contribution in [2.24, 2.45) is 0 Å². The van der Waals surface area contributed by atoms with Gasteiger partial charge < -0.3 is 24.8 Å². The summed E-state index contributed by atoms with van der Waals surface area (Å²) >= 11 is 0. The molecule has 0 heterocycles. The second-order valence-electron chi connectivity index (χ2n) is 14.3. The normalized spacial score (nSPS) is 12.1. The van der Waals surface area contributed by atoms with E-state index in [2.05, 4.69) is 48.8 Å². The van der Waals surface area contributed by atoms with Crippen LogP contribution in [0, 0.1) is 0 Å². The van der Waals surface area contributed by atoms with Crippen LogP contribution in [0.4, 0.5) is 4.79 Å². The summed E-state index contributed by atoms with van der Waals surface area (Å²) in [5.74, 6) is -0.642. The number of hydrogen-bond acceptors (Lipinski definition) is 7. The molecule has 0 aliphatic rings. The van der Waals surface area contributed by atoms with E-state index in [0.717, 1.165) is 70.8 Å². The highest BCUT2D eigenvalue weighted by molar-refractivity contribution is 5.70. The number of amides is 1. The van der Waals surface area contributed by atoms with Gasteiger partial charge in [-0.1, -0.05) is 148 Å². The molecule has 0 fully saturated rings. The smallest absolute Gasteiger partial charge is 0.407 e. The van der Waals surface area contributed by atoms with E-state index in [1.165, 1.54) is 103 Å². The molecule has 1 amide bonds. The summed E-state index contributed by atoms with van der Waals surface area (Å²) in [5.41, 5.74) is 0. The van der Waals surface area contributed by atoms with Crippen molar-refractivity contribution in [2.75, 3.05) is 32.8 Å². The van der Waals surface area contributed by atoms with E-state index in [1.54, 1.807) is 0 Å². The monoisotopic (exact) mass is 735 g/mol. The Morgan fingerprint density at radius 1 is 0.481 bits per heavy atom. The van der Waals surface area contributed by atoms with Gasteiger partial charge in [-0.2, -0.15) is 0 Å². The van der Waals surface area contributed by atoms with Gasteiger partial charge in [0.05, 0.1) is 0 Å². The lowest BCUT2D eigenvalue weighted by atomic mass is 10.1. The first-order valence-corrected chi connectivity index (χ1v) is 21.8. The number of allylic oxidation sites excluding steroid dienone is 4. The Balaban J connectivity index is 4.14. The number of carbonyl (C=O) groups excluding carboxylic acids is 3. The van der Waals surface area contributed by atoms with Gasteiger partial charge >= 0.3 is 18.0 Å². The molecule has 0 bridgehead atoms. The van der Waals surface area contributed by atoms with E-state index in [4.69, 9.17) is 14.2 Å². The van der Waals surface area contributed by atoms with E-state index < -0.39 is 12.2 Å². The zero-order valence-corrected chi connectivity index (χ0v) is 34.2. The Morgan fingerprint density at radius 3 is 1.23 bits per heavy atom.